The number of hydrogen-bond acceptors (Lipinski definition) is 5. The second-order valence-electron chi connectivity index (χ2n) is 6.52. The molecule has 136 valence electrons. The molecule has 1 aromatic carbocycles. The number of carbonyl (C=O) groups excluding carboxylic acids is 2. The monoisotopic (exact) mass is 369 g/mol. The van der Waals surface area contributed by atoms with Gasteiger partial charge in [-0.2, -0.15) is 0 Å². The van der Waals surface area contributed by atoms with Crippen molar-refractivity contribution in [2.45, 2.75) is 45.8 Å². The van der Waals surface area contributed by atoms with Gasteiger partial charge in [0.1, 0.15) is 23.5 Å². The Morgan fingerprint density at radius 3 is 2.64 bits per heavy atom. The summed E-state index contributed by atoms with van der Waals surface area (Å²) in [6.07, 6.45) is 0.152. The average molecular weight is 370 g/mol. The summed E-state index contributed by atoms with van der Waals surface area (Å²) in [5.74, 6) is -3.28. The minimum Gasteiger partial charge on any atom is -0.506 e. The van der Waals surface area contributed by atoms with E-state index in [1.165, 1.54) is 6.07 Å². The van der Waals surface area contributed by atoms with E-state index in [0.29, 0.717) is 12.0 Å². The Kier molecular flexibility index (Phi) is 5.57. The van der Waals surface area contributed by atoms with Crippen LogP contribution in [0.3, 0.4) is 0 Å². The van der Waals surface area contributed by atoms with Crippen molar-refractivity contribution in [3.63, 3.8) is 0 Å². The predicted molar refractivity (Wildman–Crippen MR) is 90.0 cm³/mol. The lowest BCUT2D eigenvalue weighted by atomic mass is 9.95. The molecule has 7 nitrogen and oxygen atoms in total. The number of hydrogen-bond donors (Lipinski definition) is 3. The molecule has 3 N–H and O–H groups in total. The molecule has 0 spiro atoms. The number of amides is 1. The molecular formula is C17H20ClNO6. The Bertz CT molecular complexity index is 730. The maximum atomic E-state index is 12.4. The van der Waals surface area contributed by atoms with Crippen molar-refractivity contribution in [1.29, 1.82) is 0 Å². The lowest BCUT2D eigenvalue weighted by Gasteiger charge is -2.24. The zero-order valence-corrected chi connectivity index (χ0v) is 14.9. The van der Waals surface area contributed by atoms with E-state index in [0.717, 1.165) is 0 Å². The standard InChI is InChI=1S/C17H20ClNO6/c1-7(2)4-12(16(22)23)19-15(21)10-6-11(18)9-5-8(3)25-17(24)13(9)14(10)20/h6-8,12,20H,4-5H2,1-3H3,(H,19,21)(H,22,23). The van der Waals surface area contributed by atoms with Gasteiger partial charge in [-0.15, -0.1) is 0 Å². The first-order chi connectivity index (χ1) is 11.6. The van der Waals surface area contributed by atoms with E-state index in [1.54, 1.807) is 6.92 Å². The van der Waals surface area contributed by atoms with Crippen LogP contribution in [0.5, 0.6) is 5.75 Å². The highest BCUT2D eigenvalue weighted by atomic mass is 35.5. The molecule has 0 bridgehead atoms. The number of phenolic OH excluding ortho intramolecular Hbond substituents is 1. The zero-order chi connectivity index (χ0) is 18.9. The van der Waals surface area contributed by atoms with E-state index < -0.39 is 29.6 Å². The number of aromatic hydroxyl groups is 1. The van der Waals surface area contributed by atoms with Gasteiger partial charge in [-0.05, 0) is 30.9 Å². The van der Waals surface area contributed by atoms with Crippen LogP contribution in [-0.4, -0.2) is 40.2 Å². The lowest BCUT2D eigenvalue weighted by molar-refractivity contribution is -0.139. The van der Waals surface area contributed by atoms with Crippen molar-refractivity contribution < 1.29 is 29.3 Å². The van der Waals surface area contributed by atoms with E-state index in [-0.39, 0.29) is 34.6 Å². The number of benzene rings is 1. The Morgan fingerprint density at radius 1 is 1.44 bits per heavy atom. The number of halogens is 1. The van der Waals surface area contributed by atoms with E-state index in [2.05, 4.69) is 5.32 Å². The normalized spacial score (nSPS) is 17.6. The van der Waals surface area contributed by atoms with Crippen LogP contribution in [0.1, 0.15) is 53.5 Å². The molecule has 0 aliphatic carbocycles. The van der Waals surface area contributed by atoms with Crippen molar-refractivity contribution in [3.05, 3.63) is 27.8 Å². The van der Waals surface area contributed by atoms with E-state index in [4.69, 9.17) is 16.3 Å². The molecule has 0 fully saturated rings. The van der Waals surface area contributed by atoms with Crippen molar-refractivity contribution in [3.8, 4) is 5.75 Å². The number of carboxylic acids is 1. The molecule has 0 radical (unpaired) electrons. The first-order valence-electron chi connectivity index (χ1n) is 7.90. The highest BCUT2D eigenvalue weighted by Crippen LogP contribution is 2.36. The van der Waals surface area contributed by atoms with Gasteiger partial charge < -0.3 is 20.3 Å². The summed E-state index contributed by atoms with van der Waals surface area (Å²) in [6.45, 7) is 5.34. The molecule has 1 aliphatic rings. The van der Waals surface area contributed by atoms with Crippen molar-refractivity contribution in [2.75, 3.05) is 0 Å². The zero-order valence-electron chi connectivity index (χ0n) is 14.1. The van der Waals surface area contributed by atoms with Crippen LogP contribution in [0.4, 0.5) is 0 Å². The van der Waals surface area contributed by atoms with Crippen LogP contribution in [0.15, 0.2) is 6.07 Å². The second kappa shape index (κ2) is 7.31. The molecule has 1 amide bonds. The number of cyclic esters (lactones) is 1. The fraction of sp³-hybridized carbons (Fsp3) is 0.471. The van der Waals surface area contributed by atoms with Crippen LogP contribution in [0.2, 0.25) is 5.02 Å². The molecule has 1 aliphatic heterocycles. The Morgan fingerprint density at radius 2 is 2.08 bits per heavy atom. The molecule has 2 unspecified atom stereocenters. The number of aliphatic carboxylic acids is 1. The van der Waals surface area contributed by atoms with Gasteiger partial charge in [0.15, 0.2) is 0 Å². The third kappa shape index (κ3) is 4.04. The Hall–Kier alpha value is -2.28. The van der Waals surface area contributed by atoms with E-state index >= 15 is 0 Å². The third-order valence-corrected chi connectivity index (χ3v) is 4.25. The van der Waals surface area contributed by atoms with Crippen molar-refractivity contribution >= 4 is 29.4 Å². The number of nitrogens with one attached hydrogen (secondary N) is 1. The molecule has 25 heavy (non-hydrogen) atoms. The van der Waals surface area contributed by atoms with Crippen molar-refractivity contribution in [2.24, 2.45) is 5.92 Å². The summed E-state index contributed by atoms with van der Waals surface area (Å²) < 4.78 is 5.07. The highest BCUT2D eigenvalue weighted by molar-refractivity contribution is 6.32. The van der Waals surface area contributed by atoms with Gasteiger partial charge in [-0.3, -0.25) is 4.79 Å². The summed E-state index contributed by atoms with van der Waals surface area (Å²) >= 11 is 6.16. The molecule has 2 atom stereocenters. The molecule has 1 aromatic rings. The van der Waals surface area contributed by atoms with Crippen molar-refractivity contribution in [1.82, 2.24) is 5.32 Å². The minimum atomic E-state index is -1.18. The Balaban J connectivity index is 2.38. The van der Waals surface area contributed by atoms with Gasteiger partial charge in [0.25, 0.3) is 5.91 Å². The molecule has 2 rings (SSSR count). The molecule has 1 heterocycles. The van der Waals surface area contributed by atoms with Gasteiger partial charge >= 0.3 is 11.9 Å². The number of ether oxygens (including phenoxy) is 1. The number of carboxylic acid groups (broad SMARTS) is 1. The number of rotatable bonds is 5. The fourth-order valence-corrected chi connectivity index (χ4v) is 3.05. The van der Waals surface area contributed by atoms with Gasteiger partial charge in [0.2, 0.25) is 0 Å². The lowest BCUT2D eigenvalue weighted by Crippen LogP contribution is -2.41. The van der Waals surface area contributed by atoms with Crippen LogP contribution < -0.4 is 5.32 Å². The third-order valence-electron chi connectivity index (χ3n) is 3.91. The molecule has 8 heteroatoms. The van der Waals surface area contributed by atoms with E-state index in [1.807, 2.05) is 13.8 Å². The number of phenols is 1. The number of esters is 1. The van der Waals surface area contributed by atoms with Crippen LogP contribution in [0, 0.1) is 5.92 Å². The van der Waals surface area contributed by atoms with Gasteiger partial charge in [-0.1, -0.05) is 25.4 Å². The summed E-state index contributed by atoms with van der Waals surface area (Å²) in [5, 5.41) is 22.1. The predicted octanol–water partition coefficient (Wildman–Crippen LogP) is 2.38. The minimum absolute atomic E-state index is 0.0404. The van der Waals surface area contributed by atoms with Crippen LogP contribution in [-0.2, 0) is 16.0 Å². The van der Waals surface area contributed by atoms with Gasteiger partial charge in [-0.25, -0.2) is 9.59 Å². The fourth-order valence-electron chi connectivity index (χ4n) is 2.77. The summed E-state index contributed by atoms with van der Waals surface area (Å²) in [6, 6.07) is 0.124. The largest absolute Gasteiger partial charge is 0.506 e. The second-order valence-corrected chi connectivity index (χ2v) is 6.93. The van der Waals surface area contributed by atoms with Gasteiger partial charge in [0.05, 0.1) is 5.56 Å². The van der Waals surface area contributed by atoms with Crippen LogP contribution >= 0.6 is 11.6 Å². The smallest absolute Gasteiger partial charge is 0.342 e. The molecule has 0 saturated heterocycles. The number of carbonyl (C=O) groups is 3. The van der Waals surface area contributed by atoms with Crippen LogP contribution in [0.25, 0.3) is 0 Å². The first kappa shape index (κ1) is 19.1. The first-order valence-corrected chi connectivity index (χ1v) is 8.28. The summed E-state index contributed by atoms with van der Waals surface area (Å²) in [4.78, 5) is 35.8. The summed E-state index contributed by atoms with van der Waals surface area (Å²) in [5.41, 5.74) is 0.00757. The Labute approximate surface area is 149 Å². The topological polar surface area (TPSA) is 113 Å². The number of fused-ring (bicyclic) bond motifs is 1. The quantitative estimate of drug-likeness (QED) is 0.687. The molecular weight excluding hydrogens is 350 g/mol. The molecule has 0 saturated carbocycles. The average Bonchev–Trinajstić information content (AvgIpc) is 2.48. The maximum Gasteiger partial charge on any atom is 0.342 e. The molecule has 0 aromatic heterocycles. The van der Waals surface area contributed by atoms with E-state index in [9.17, 15) is 24.6 Å². The van der Waals surface area contributed by atoms with Gasteiger partial charge in [0, 0.05) is 11.4 Å². The SMILES string of the molecule is CC(C)CC(NC(=O)c1cc(Cl)c2c(c1O)C(=O)OC(C)C2)C(=O)O. The summed E-state index contributed by atoms with van der Waals surface area (Å²) in [7, 11) is 0. The highest BCUT2D eigenvalue weighted by Gasteiger charge is 2.33. The maximum absolute atomic E-state index is 12.4.